The lowest BCUT2D eigenvalue weighted by atomic mass is 10.0. The standard InChI is InChI=1S/C42H34N3O2P/c1-30-22-24-31(25-23-30)39-40(41(46)37-20-12-13-21-38(37)44-42(39)43-32-26-28-33(47-2)29-27-32)45-48(34-14-6-3-7-15-34,35-16-8-4-9-17-35)36-18-10-5-11-19-36/h3-29H,1-2H3,(H,43,44). The molecule has 234 valence electrons. The molecule has 0 saturated heterocycles. The van der Waals surface area contributed by atoms with Crippen LogP contribution in [0.1, 0.15) is 5.56 Å². The van der Waals surface area contributed by atoms with Crippen molar-refractivity contribution >= 4 is 51.1 Å². The van der Waals surface area contributed by atoms with Crippen LogP contribution in [0.5, 0.6) is 5.75 Å². The largest absolute Gasteiger partial charge is 0.497 e. The SMILES string of the molecule is COc1ccc(Nc2nc3ccccc3c(=O)c(N=P(c3ccccc3)(c3ccccc3)c3ccccc3)c2-c2ccc(C)cc2)cc1. The number of rotatable bonds is 8. The first-order valence-electron chi connectivity index (χ1n) is 15.8. The van der Waals surface area contributed by atoms with Crippen LogP contribution in [0, 0.1) is 6.92 Å². The molecule has 1 heterocycles. The molecule has 0 aliphatic carbocycles. The van der Waals surface area contributed by atoms with Gasteiger partial charge in [-0.3, -0.25) is 4.79 Å². The van der Waals surface area contributed by atoms with Gasteiger partial charge in [-0.05, 0) is 48.9 Å². The number of hydrogen-bond donors (Lipinski definition) is 1. The second kappa shape index (κ2) is 13.5. The molecule has 0 radical (unpaired) electrons. The Bertz CT molecular complexity index is 2210. The number of nitrogens with zero attached hydrogens (tertiary/aromatic N) is 2. The quantitative estimate of drug-likeness (QED) is 0.168. The summed E-state index contributed by atoms with van der Waals surface area (Å²) in [6.45, 7) is 2.05. The van der Waals surface area contributed by atoms with Crippen LogP contribution < -0.4 is 31.4 Å². The lowest BCUT2D eigenvalue weighted by Gasteiger charge is -2.27. The highest BCUT2D eigenvalue weighted by molar-refractivity contribution is 7.87. The summed E-state index contributed by atoms with van der Waals surface area (Å²) in [6, 6.07) is 54.5. The van der Waals surface area contributed by atoms with E-state index in [1.165, 1.54) is 0 Å². The van der Waals surface area contributed by atoms with Crippen LogP contribution in [-0.4, -0.2) is 12.1 Å². The first-order chi connectivity index (χ1) is 23.6. The lowest BCUT2D eigenvalue weighted by molar-refractivity contribution is 0.415. The Kier molecular flexibility index (Phi) is 8.70. The van der Waals surface area contributed by atoms with Crippen LogP contribution in [-0.2, 0) is 0 Å². The molecule has 0 amide bonds. The fourth-order valence-electron chi connectivity index (χ4n) is 5.98. The average Bonchev–Trinajstić information content (AvgIpc) is 3.26. The van der Waals surface area contributed by atoms with Crippen LogP contribution in [0.15, 0.2) is 173 Å². The number of hydrogen-bond acceptors (Lipinski definition) is 5. The first kappa shape index (κ1) is 30.9. The molecule has 7 rings (SSSR count). The number of ether oxygens (including phenoxy) is 1. The van der Waals surface area contributed by atoms with Gasteiger partial charge in [-0.1, -0.05) is 133 Å². The van der Waals surface area contributed by atoms with Gasteiger partial charge in [-0.25, -0.2) is 9.73 Å². The maximum absolute atomic E-state index is 15.1. The van der Waals surface area contributed by atoms with Crippen LogP contribution in [0.3, 0.4) is 0 Å². The summed E-state index contributed by atoms with van der Waals surface area (Å²) < 4.78 is 11.2. The van der Waals surface area contributed by atoms with Gasteiger partial charge in [0.15, 0.2) is 0 Å². The molecule has 1 N–H and O–H groups in total. The van der Waals surface area contributed by atoms with E-state index in [4.69, 9.17) is 14.5 Å². The minimum atomic E-state index is -2.83. The van der Waals surface area contributed by atoms with E-state index in [0.29, 0.717) is 28.0 Å². The van der Waals surface area contributed by atoms with Crippen molar-refractivity contribution < 1.29 is 4.74 Å². The monoisotopic (exact) mass is 643 g/mol. The number of nitrogens with one attached hydrogen (secondary N) is 1. The minimum Gasteiger partial charge on any atom is -0.497 e. The maximum atomic E-state index is 15.1. The van der Waals surface area contributed by atoms with Crippen molar-refractivity contribution in [2.45, 2.75) is 6.92 Å². The summed E-state index contributed by atoms with van der Waals surface area (Å²) in [5.41, 5.74) is 4.16. The van der Waals surface area contributed by atoms with Gasteiger partial charge in [0, 0.05) is 27.0 Å². The van der Waals surface area contributed by atoms with E-state index in [9.17, 15) is 0 Å². The second-order valence-electron chi connectivity index (χ2n) is 11.5. The van der Waals surface area contributed by atoms with E-state index in [1.807, 2.05) is 115 Å². The second-order valence-corrected chi connectivity index (χ2v) is 14.5. The van der Waals surface area contributed by atoms with Crippen LogP contribution in [0.2, 0.25) is 0 Å². The number of para-hydroxylation sites is 1. The predicted octanol–water partition coefficient (Wildman–Crippen LogP) is 9.13. The van der Waals surface area contributed by atoms with Crippen LogP contribution in [0.25, 0.3) is 22.0 Å². The molecule has 0 spiro atoms. The topological polar surface area (TPSA) is 63.6 Å². The number of methoxy groups -OCH3 is 1. The highest BCUT2D eigenvalue weighted by atomic mass is 31.2. The van der Waals surface area contributed by atoms with Crippen LogP contribution in [0.4, 0.5) is 17.2 Å². The van der Waals surface area contributed by atoms with Gasteiger partial charge in [-0.15, -0.1) is 0 Å². The molecular formula is C42H34N3O2P. The molecule has 6 heteroatoms. The van der Waals surface area contributed by atoms with Crippen molar-refractivity contribution in [3.05, 3.63) is 180 Å². The maximum Gasteiger partial charge on any atom is 0.214 e. The molecule has 0 bridgehead atoms. The highest BCUT2D eigenvalue weighted by Crippen LogP contribution is 2.51. The van der Waals surface area contributed by atoms with Gasteiger partial charge in [0.25, 0.3) is 0 Å². The lowest BCUT2D eigenvalue weighted by Crippen LogP contribution is -2.25. The summed E-state index contributed by atoms with van der Waals surface area (Å²) >= 11 is 0. The van der Waals surface area contributed by atoms with E-state index >= 15 is 4.79 Å². The minimum absolute atomic E-state index is 0.177. The van der Waals surface area contributed by atoms with Gasteiger partial charge in [0.05, 0.1) is 25.2 Å². The summed E-state index contributed by atoms with van der Waals surface area (Å²) in [6.07, 6.45) is 0. The molecule has 48 heavy (non-hydrogen) atoms. The number of anilines is 2. The Balaban J connectivity index is 1.69. The van der Waals surface area contributed by atoms with Gasteiger partial charge in [0.2, 0.25) is 5.43 Å². The van der Waals surface area contributed by atoms with Gasteiger partial charge in [0.1, 0.15) is 17.3 Å². The van der Waals surface area contributed by atoms with Crippen molar-refractivity contribution in [3.8, 4) is 16.9 Å². The molecular weight excluding hydrogens is 609 g/mol. The molecule has 7 aromatic rings. The third kappa shape index (κ3) is 5.92. The van der Waals surface area contributed by atoms with Crippen molar-refractivity contribution in [2.75, 3.05) is 12.4 Å². The summed E-state index contributed by atoms with van der Waals surface area (Å²) in [4.78, 5) is 20.2. The number of fused-ring (bicyclic) bond motifs is 1. The third-order valence-corrected chi connectivity index (χ3v) is 12.0. The van der Waals surface area contributed by atoms with Gasteiger partial charge >= 0.3 is 0 Å². The van der Waals surface area contributed by atoms with Crippen LogP contribution >= 0.6 is 7.05 Å². The zero-order valence-electron chi connectivity index (χ0n) is 26.7. The number of aromatic nitrogens is 1. The van der Waals surface area contributed by atoms with Gasteiger partial charge in [-0.2, -0.15) is 0 Å². The third-order valence-electron chi connectivity index (χ3n) is 8.40. The molecule has 0 fully saturated rings. The van der Waals surface area contributed by atoms with Gasteiger partial charge < -0.3 is 10.1 Å². The van der Waals surface area contributed by atoms with E-state index in [1.54, 1.807) is 7.11 Å². The molecule has 0 atom stereocenters. The zero-order chi connectivity index (χ0) is 32.9. The fraction of sp³-hybridized carbons (Fsp3) is 0.0476. The average molecular weight is 644 g/mol. The Hall–Kier alpha value is -5.77. The van der Waals surface area contributed by atoms with Crippen molar-refractivity contribution in [2.24, 2.45) is 4.74 Å². The molecule has 5 nitrogen and oxygen atoms in total. The van der Waals surface area contributed by atoms with E-state index < -0.39 is 7.05 Å². The Labute approximate surface area is 280 Å². The molecule has 0 unspecified atom stereocenters. The van der Waals surface area contributed by atoms with E-state index in [0.717, 1.165) is 38.5 Å². The highest BCUT2D eigenvalue weighted by Gasteiger charge is 2.29. The predicted molar refractivity (Wildman–Crippen MR) is 202 cm³/mol. The molecule has 1 aromatic heterocycles. The molecule has 0 saturated carbocycles. The summed E-state index contributed by atoms with van der Waals surface area (Å²) in [5.74, 6) is 1.28. The van der Waals surface area contributed by atoms with E-state index in [-0.39, 0.29) is 5.43 Å². The zero-order valence-corrected chi connectivity index (χ0v) is 27.6. The smallest absolute Gasteiger partial charge is 0.214 e. The molecule has 6 aromatic carbocycles. The van der Waals surface area contributed by atoms with Crippen molar-refractivity contribution in [1.29, 1.82) is 0 Å². The van der Waals surface area contributed by atoms with Crippen molar-refractivity contribution in [1.82, 2.24) is 4.98 Å². The Morgan fingerprint density at radius 3 is 1.69 bits per heavy atom. The first-order valence-corrected chi connectivity index (χ1v) is 17.6. The Morgan fingerprint density at radius 2 is 1.15 bits per heavy atom. The molecule has 0 aliphatic heterocycles. The fourth-order valence-corrected chi connectivity index (χ4v) is 9.53. The number of aryl methyl sites for hydroxylation is 1. The number of benzene rings is 6. The summed E-state index contributed by atoms with van der Waals surface area (Å²) in [5, 5.41) is 7.21. The van der Waals surface area contributed by atoms with E-state index in [2.05, 4.69) is 60.8 Å². The van der Waals surface area contributed by atoms with Crippen molar-refractivity contribution in [3.63, 3.8) is 0 Å². The Morgan fingerprint density at radius 1 is 0.625 bits per heavy atom. The summed E-state index contributed by atoms with van der Waals surface area (Å²) in [7, 11) is -1.18. The molecule has 0 aliphatic rings. The normalized spacial score (nSPS) is 11.2.